The molecular weight excluding hydrogens is 215 g/mol. The van der Waals surface area contributed by atoms with Crippen LogP contribution in [0.2, 0.25) is 0 Å². The number of benzene rings is 1. The minimum atomic E-state index is -3.64. The number of carboxylic acids is 1. The van der Waals surface area contributed by atoms with Gasteiger partial charge in [-0.05, 0) is 12.1 Å². The largest absolute Gasteiger partial charge is 0.478 e. The molecule has 0 radical (unpaired) electrons. The van der Waals surface area contributed by atoms with Crippen LogP contribution in [-0.4, -0.2) is 22.1 Å². The first kappa shape index (κ1) is 11.7. The molecule has 0 heterocycles. The van der Waals surface area contributed by atoms with E-state index < -0.39 is 19.5 Å². The van der Waals surface area contributed by atoms with E-state index in [9.17, 15) is 14.3 Å². The zero-order chi connectivity index (χ0) is 11.5. The highest BCUT2D eigenvalue weighted by atomic mass is 31.2. The third kappa shape index (κ3) is 3.05. The van der Waals surface area contributed by atoms with E-state index in [0.717, 1.165) is 0 Å². The van der Waals surface area contributed by atoms with Crippen LogP contribution in [0.25, 0.3) is 0 Å². The van der Waals surface area contributed by atoms with E-state index in [1.165, 1.54) is 12.1 Å². The normalized spacial score (nSPS) is 14.2. The molecule has 0 aliphatic carbocycles. The Morgan fingerprint density at radius 2 is 1.87 bits per heavy atom. The monoisotopic (exact) mass is 226 g/mol. The fraction of sp³-hybridized carbons (Fsp3) is 0.100. The molecule has 5 heteroatoms. The van der Waals surface area contributed by atoms with Crippen molar-refractivity contribution in [2.75, 3.05) is 6.16 Å². The second-order valence-electron chi connectivity index (χ2n) is 3.10. The maximum atomic E-state index is 11.8. The number of carboxylic acid groups (broad SMARTS) is 1. The van der Waals surface area contributed by atoms with Gasteiger partial charge in [-0.1, -0.05) is 24.8 Å². The topological polar surface area (TPSA) is 74.6 Å². The summed E-state index contributed by atoms with van der Waals surface area (Å²) >= 11 is 0. The summed E-state index contributed by atoms with van der Waals surface area (Å²) in [7, 11) is -3.64. The van der Waals surface area contributed by atoms with Gasteiger partial charge in [0.1, 0.15) is 0 Å². The number of hydrogen-bond donors (Lipinski definition) is 2. The molecule has 15 heavy (non-hydrogen) atoms. The molecule has 1 rings (SSSR count). The summed E-state index contributed by atoms with van der Waals surface area (Å²) in [5.74, 6) is -1.25. The molecule has 1 unspecified atom stereocenters. The highest BCUT2D eigenvalue weighted by molar-refractivity contribution is 7.66. The quantitative estimate of drug-likeness (QED) is 0.598. The average molecular weight is 226 g/mol. The Hall–Kier alpha value is -1.38. The molecule has 0 amide bonds. The zero-order valence-corrected chi connectivity index (χ0v) is 8.85. The Balaban J connectivity index is 2.90. The Morgan fingerprint density at radius 1 is 1.33 bits per heavy atom. The molecule has 1 aromatic rings. The second-order valence-corrected chi connectivity index (χ2v) is 5.34. The van der Waals surface area contributed by atoms with Crippen LogP contribution >= 0.6 is 7.37 Å². The van der Waals surface area contributed by atoms with Crippen LogP contribution in [0.4, 0.5) is 0 Å². The standard InChI is InChI=1S/C10H11O4P/c1-8(10(11)12)7-15(13,14)9-5-3-2-4-6-9/h2-6H,1,7H2,(H,11,12)(H,13,14). The highest BCUT2D eigenvalue weighted by Gasteiger charge is 2.24. The van der Waals surface area contributed by atoms with E-state index in [2.05, 4.69) is 6.58 Å². The predicted molar refractivity (Wildman–Crippen MR) is 57.5 cm³/mol. The lowest BCUT2D eigenvalue weighted by molar-refractivity contribution is -0.132. The number of hydrogen-bond acceptors (Lipinski definition) is 2. The summed E-state index contributed by atoms with van der Waals surface area (Å²) in [5.41, 5.74) is -0.260. The van der Waals surface area contributed by atoms with Crippen LogP contribution in [0.15, 0.2) is 42.5 Å². The lowest BCUT2D eigenvalue weighted by Gasteiger charge is -2.11. The zero-order valence-electron chi connectivity index (χ0n) is 7.96. The molecular formula is C10H11O4P. The second kappa shape index (κ2) is 4.43. The van der Waals surface area contributed by atoms with Crippen LogP contribution in [0.3, 0.4) is 0 Å². The van der Waals surface area contributed by atoms with Crippen molar-refractivity contribution >= 4 is 18.6 Å². The van der Waals surface area contributed by atoms with Gasteiger partial charge in [-0.2, -0.15) is 0 Å². The Labute approximate surface area is 87.3 Å². The van der Waals surface area contributed by atoms with E-state index in [0.29, 0.717) is 0 Å². The SMILES string of the molecule is C=C(CP(=O)(O)c1ccccc1)C(=O)O. The molecule has 0 aromatic heterocycles. The van der Waals surface area contributed by atoms with E-state index >= 15 is 0 Å². The molecule has 0 saturated carbocycles. The van der Waals surface area contributed by atoms with Gasteiger partial charge in [0.25, 0.3) is 0 Å². The van der Waals surface area contributed by atoms with Crippen molar-refractivity contribution in [3.63, 3.8) is 0 Å². The summed E-state index contributed by atoms with van der Waals surface area (Å²) in [6, 6.07) is 7.96. The summed E-state index contributed by atoms with van der Waals surface area (Å²) < 4.78 is 11.8. The molecule has 0 saturated heterocycles. The third-order valence-corrected chi connectivity index (χ3v) is 3.78. The van der Waals surface area contributed by atoms with Crippen LogP contribution in [0.5, 0.6) is 0 Å². The first-order valence-electron chi connectivity index (χ1n) is 4.22. The first-order chi connectivity index (χ1) is 6.93. The first-order valence-corrected chi connectivity index (χ1v) is 6.06. The summed E-state index contributed by atoms with van der Waals surface area (Å²) in [5, 5.41) is 8.80. The number of aliphatic carboxylic acids is 1. The Morgan fingerprint density at radius 3 is 2.33 bits per heavy atom. The van der Waals surface area contributed by atoms with Gasteiger partial charge >= 0.3 is 5.97 Å². The van der Waals surface area contributed by atoms with Crippen molar-refractivity contribution in [2.45, 2.75) is 0 Å². The van der Waals surface area contributed by atoms with Crippen molar-refractivity contribution in [1.29, 1.82) is 0 Å². The molecule has 0 aliphatic heterocycles. The van der Waals surface area contributed by atoms with Crippen LogP contribution < -0.4 is 5.30 Å². The van der Waals surface area contributed by atoms with Gasteiger partial charge in [0.05, 0.1) is 6.16 Å². The van der Waals surface area contributed by atoms with E-state index in [1.54, 1.807) is 18.2 Å². The van der Waals surface area contributed by atoms with Gasteiger partial charge in [0.15, 0.2) is 0 Å². The van der Waals surface area contributed by atoms with Gasteiger partial charge in [0, 0.05) is 10.9 Å². The number of carbonyl (C=O) groups is 1. The summed E-state index contributed by atoms with van der Waals surface area (Å²) in [6.45, 7) is 3.23. The predicted octanol–water partition coefficient (Wildman–Crippen LogP) is 1.22. The average Bonchev–Trinajstić information content (AvgIpc) is 2.18. The van der Waals surface area contributed by atoms with Crippen molar-refractivity contribution in [3.05, 3.63) is 42.5 Å². The van der Waals surface area contributed by atoms with E-state index in [4.69, 9.17) is 5.11 Å². The summed E-state index contributed by atoms with van der Waals surface area (Å²) in [4.78, 5) is 20.1. The molecule has 0 aliphatic rings. The molecule has 80 valence electrons. The van der Waals surface area contributed by atoms with Crippen molar-refractivity contribution in [1.82, 2.24) is 0 Å². The number of rotatable bonds is 4. The molecule has 4 nitrogen and oxygen atoms in total. The lowest BCUT2D eigenvalue weighted by atomic mass is 10.4. The smallest absolute Gasteiger partial charge is 0.331 e. The van der Waals surface area contributed by atoms with Crippen LogP contribution in [0, 0.1) is 0 Å². The van der Waals surface area contributed by atoms with Gasteiger partial charge in [0.2, 0.25) is 7.37 Å². The van der Waals surface area contributed by atoms with Gasteiger partial charge in [-0.3, -0.25) is 4.57 Å². The molecule has 2 N–H and O–H groups in total. The molecule has 0 bridgehead atoms. The fourth-order valence-corrected chi connectivity index (χ4v) is 2.55. The maximum Gasteiger partial charge on any atom is 0.331 e. The summed E-state index contributed by atoms with van der Waals surface area (Å²) in [6.07, 6.45) is -0.424. The van der Waals surface area contributed by atoms with Crippen molar-refractivity contribution in [2.24, 2.45) is 0 Å². The van der Waals surface area contributed by atoms with Crippen molar-refractivity contribution < 1.29 is 19.4 Å². The molecule has 0 spiro atoms. The van der Waals surface area contributed by atoms with E-state index in [1.807, 2.05) is 0 Å². The van der Waals surface area contributed by atoms with Crippen LogP contribution in [0.1, 0.15) is 0 Å². The van der Waals surface area contributed by atoms with Gasteiger partial charge in [-0.25, -0.2) is 4.79 Å². The fourth-order valence-electron chi connectivity index (χ4n) is 1.08. The molecule has 0 fully saturated rings. The minimum absolute atomic E-state index is 0.243. The highest BCUT2D eigenvalue weighted by Crippen LogP contribution is 2.40. The lowest BCUT2D eigenvalue weighted by Crippen LogP contribution is -2.11. The molecule has 1 aromatic carbocycles. The van der Waals surface area contributed by atoms with Gasteiger partial charge < -0.3 is 10.00 Å². The van der Waals surface area contributed by atoms with Gasteiger partial charge in [-0.15, -0.1) is 0 Å². The van der Waals surface area contributed by atoms with Crippen molar-refractivity contribution in [3.8, 4) is 0 Å². The van der Waals surface area contributed by atoms with E-state index in [-0.39, 0.29) is 10.9 Å². The Bertz CT molecular complexity index is 424. The third-order valence-electron chi connectivity index (χ3n) is 1.87. The minimum Gasteiger partial charge on any atom is -0.478 e. The maximum absolute atomic E-state index is 11.8. The molecule has 1 atom stereocenters. The Kier molecular flexibility index (Phi) is 3.45. The van der Waals surface area contributed by atoms with Crippen LogP contribution in [-0.2, 0) is 9.36 Å².